The summed E-state index contributed by atoms with van der Waals surface area (Å²) in [5, 5.41) is 10.2. The summed E-state index contributed by atoms with van der Waals surface area (Å²) in [6.45, 7) is 9.96. The van der Waals surface area contributed by atoms with E-state index in [1.807, 2.05) is 6.92 Å². The number of hydrogen-bond acceptors (Lipinski definition) is 3. The van der Waals surface area contributed by atoms with E-state index >= 15 is 0 Å². The van der Waals surface area contributed by atoms with Crippen molar-refractivity contribution in [3.05, 3.63) is 0 Å². The van der Waals surface area contributed by atoms with Gasteiger partial charge < -0.3 is 15.7 Å². The Morgan fingerprint density at radius 2 is 1.95 bits per heavy atom. The van der Waals surface area contributed by atoms with Crippen LogP contribution in [0.4, 0.5) is 0 Å². The second kappa shape index (κ2) is 6.11. The minimum absolute atomic E-state index is 0.363. The lowest BCUT2D eigenvalue weighted by Crippen LogP contribution is -2.47. The van der Waals surface area contributed by atoms with Crippen molar-refractivity contribution in [2.24, 2.45) is 23.5 Å². The Labute approximate surface area is 118 Å². The zero-order valence-electron chi connectivity index (χ0n) is 12.9. The smallest absolute Gasteiger partial charge is 0.0632 e. The van der Waals surface area contributed by atoms with E-state index in [4.69, 9.17) is 5.73 Å². The summed E-state index contributed by atoms with van der Waals surface area (Å²) >= 11 is 0. The van der Waals surface area contributed by atoms with Crippen molar-refractivity contribution >= 4 is 0 Å². The first-order valence-electron chi connectivity index (χ1n) is 8.08. The summed E-state index contributed by atoms with van der Waals surface area (Å²) in [6, 6.07) is 0.363. The number of hydrogen-bond donors (Lipinski definition) is 2. The van der Waals surface area contributed by atoms with Gasteiger partial charge in [-0.15, -0.1) is 0 Å². The maximum Gasteiger partial charge on any atom is 0.0632 e. The molecule has 1 heterocycles. The average molecular weight is 268 g/mol. The summed E-state index contributed by atoms with van der Waals surface area (Å²) in [7, 11) is 0. The van der Waals surface area contributed by atoms with E-state index < -0.39 is 5.60 Å². The van der Waals surface area contributed by atoms with Crippen LogP contribution in [0.5, 0.6) is 0 Å². The topological polar surface area (TPSA) is 49.5 Å². The molecule has 1 aliphatic carbocycles. The molecule has 1 aliphatic heterocycles. The molecule has 19 heavy (non-hydrogen) atoms. The zero-order valence-corrected chi connectivity index (χ0v) is 12.9. The highest BCUT2D eigenvalue weighted by Gasteiger charge is 2.34. The molecule has 3 nitrogen and oxygen atoms in total. The van der Waals surface area contributed by atoms with Crippen LogP contribution in [0.1, 0.15) is 52.9 Å². The molecule has 2 fully saturated rings. The summed E-state index contributed by atoms with van der Waals surface area (Å²) in [5.74, 6) is 2.16. The molecule has 2 rings (SSSR count). The molecule has 0 aromatic carbocycles. The van der Waals surface area contributed by atoms with E-state index in [9.17, 15) is 5.11 Å². The van der Waals surface area contributed by atoms with Gasteiger partial charge in [-0.1, -0.05) is 13.8 Å². The lowest BCUT2D eigenvalue weighted by molar-refractivity contribution is 0.0426. The molecule has 5 unspecified atom stereocenters. The van der Waals surface area contributed by atoms with E-state index in [1.165, 1.54) is 12.8 Å². The van der Waals surface area contributed by atoms with Crippen molar-refractivity contribution in [3.8, 4) is 0 Å². The predicted octanol–water partition coefficient (Wildman–Crippen LogP) is 2.23. The van der Waals surface area contributed by atoms with Crippen LogP contribution in [0.15, 0.2) is 0 Å². The fraction of sp³-hybridized carbons (Fsp3) is 1.00. The van der Waals surface area contributed by atoms with Gasteiger partial charge >= 0.3 is 0 Å². The molecule has 5 atom stereocenters. The normalized spacial score (nSPS) is 45.9. The molecular weight excluding hydrogens is 236 g/mol. The second-order valence-electron chi connectivity index (χ2n) is 7.53. The van der Waals surface area contributed by atoms with Gasteiger partial charge in [0.15, 0.2) is 0 Å². The Hall–Kier alpha value is -0.120. The highest BCUT2D eigenvalue weighted by molar-refractivity contribution is 4.88. The van der Waals surface area contributed by atoms with Crippen molar-refractivity contribution in [2.45, 2.75) is 64.5 Å². The third kappa shape index (κ3) is 4.17. The third-order valence-corrected chi connectivity index (χ3v) is 5.35. The molecule has 0 spiro atoms. The van der Waals surface area contributed by atoms with E-state index in [2.05, 4.69) is 18.7 Å². The Morgan fingerprint density at radius 3 is 2.63 bits per heavy atom. The quantitative estimate of drug-likeness (QED) is 0.807. The van der Waals surface area contributed by atoms with Crippen LogP contribution < -0.4 is 5.73 Å². The average Bonchev–Trinajstić information content (AvgIpc) is 2.45. The Bertz CT molecular complexity index is 280. The van der Waals surface area contributed by atoms with Crippen LogP contribution in [0.25, 0.3) is 0 Å². The van der Waals surface area contributed by atoms with E-state index in [0.717, 1.165) is 50.7 Å². The van der Waals surface area contributed by atoms with Gasteiger partial charge in [0.25, 0.3) is 0 Å². The molecule has 2 aliphatic rings. The number of rotatable bonds is 2. The van der Waals surface area contributed by atoms with Gasteiger partial charge in [0.2, 0.25) is 0 Å². The van der Waals surface area contributed by atoms with E-state index in [1.54, 1.807) is 0 Å². The summed E-state index contributed by atoms with van der Waals surface area (Å²) in [6.07, 6.45) is 5.46. The minimum atomic E-state index is -0.455. The largest absolute Gasteiger partial charge is 0.390 e. The third-order valence-electron chi connectivity index (χ3n) is 5.35. The van der Waals surface area contributed by atoms with Gasteiger partial charge in [-0.05, 0) is 63.3 Å². The van der Waals surface area contributed by atoms with Crippen molar-refractivity contribution in [2.75, 3.05) is 19.6 Å². The zero-order chi connectivity index (χ0) is 14.0. The molecule has 1 saturated heterocycles. The van der Waals surface area contributed by atoms with Crippen LogP contribution in [0.3, 0.4) is 0 Å². The van der Waals surface area contributed by atoms with Gasteiger partial charge in [0, 0.05) is 19.1 Å². The monoisotopic (exact) mass is 268 g/mol. The SMILES string of the molecule is CC1CC(C)C(CN2CCCC(C)(O)CC2)C(N)C1. The molecule has 0 aromatic heterocycles. The molecule has 0 bridgehead atoms. The summed E-state index contributed by atoms with van der Waals surface area (Å²) in [5.41, 5.74) is 5.94. The Balaban J connectivity index is 1.89. The molecule has 0 aromatic rings. The van der Waals surface area contributed by atoms with Gasteiger partial charge in [0.05, 0.1) is 5.60 Å². The maximum atomic E-state index is 10.2. The fourth-order valence-electron chi connectivity index (χ4n) is 4.08. The molecule has 1 saturated carbocycles. The first-order valence-corrected chi connectivity index (χ1v) is 8.08. The maximum absolute atomic E-state index is 10.2. The van der Waals surface area contributed by atoms with Crippen molar-refractivity contribution < 1.29 is 5.11 Å². The molecule has 3 heteroatoms. The van der Waals surface area contributed by atoms with Gasteiger partial charge in [0.1, 0.15) is 0 Å². The predicted molar refractivity (Wildman–Crippen MR) is 79.9 cm³/mol. The van der Waals surface area contributed by atoms with Crippen LogP contribution in [0.2, 0.25) is 0 Å². The lowest BCUT2D eigenvalue weighted by Gasteiger charge is -2.40. The fourth-order valence-corrected chi connectivity index (χ4v) is 4.08. The summed E-state index contributed by atoms with van der Waals surface area (Å²) in [4.78, 5) is 2.54. The Morgan fingerprint density at radius 1 is 1.21 bits per heavy atom. The van der Waals surface area contributed by atoms with Crippen LogP contribution in [-0.2, 0) is 0 Å². The van der Waals surface area contributed by atoms with Crippen molar-refractivity contribution in [3.63, 3.8) is 0 Å². The molecule has 0 amide bonds. The number of nitrogens with two attached hydrogens (primary N) is 1. The van der Waals surface area contributed by atoms with Crippen molar-refractivity contribution in [1.29, 1.82) is 0 Å². The second-order valence-corrected chi connectivity index (χ2v) is 7.53. The van der Waals surface area contributed by atoms with E-state index in [0.29, 0.717) is 12.0 Å². The first-order chi connectivity index (χ1) is 8.87. The van der Waals surface area contributed by atoms with Gasteiger partial charge in [-0.3, -0.25) is 0 Å². The molecule has 3 N–H and O–H groups in total. The lowest BCUT2D eigenvalue weighted by atomic mass is 9.72. The number of aliphatic hydroxyl groups is 1. The standard InChI is InChI=1S/C16H32N2O/c1-12-9-13(2)14(15(17)10-12)11-18-7-4-5-16(3,19)6-8-18/h12-15,19H,4-11,17H2,1-3H3. The first kappa shape index (κ1) is 15.3. The Kier molecular flexibility index (Phi) is 4.91. The number of likely N-dealkylation sites (tertiary alicyclic amines) is 1. The van der Waals surface area contributed by atoms with E-state index in [-0.39, 0.29) is 0 Å². The molecule has 112 valence electrons. The van der Waals surface area contributed by atoms with Gasteiger partial charge in [-0.2, -0.15) is 0 Å². The van der Waals surface area contributed by atoms with Crippen molar-refractivity contribution in [1.82, 2.24) is 4.90 Å². The van der Waals surface area contributed by atoms with Gasteiger partial charge in [-0.25, -0.2) is 0 Å². The highest BCUT2D eigenvalue weighted by Crippen LogP contribution is 2.34. The van der Waals surface area contributed by atoms with Crippen LogP contribution in [-0.4, -0.2) is 41.3 Å². The molecule has 0 radical (unpaired) electrons. The van der Waals surface area contributed by atoms with Crippen LogP contribution in [0, 0.1) is 17.8 Å². The minimum Gasteiger partial charge on any atom is -0.390 e. The number of nitrogens with zero attached hydrogens (tertiary/aromatic N) is 1. The highest BCUT2D eigenvalue weighted by atomic mass is 16.3. The molecular formula is C16H32N2O. The summed E-state index contributed by atoms with van der Waals surface area (Å²) < 4.78 is 0. The van der Waals surface area contributed by atoms with Crippen LogP contribution >= 0.6 is 0 Å².